The van der Waals surface area contributed by atoms with Crippen molar-refractivity contribution < 1.29 is 19.4 Å². The number of amides is 1. The summed E-state index contributed by atoms with van der Waals surface area (Å²) < 4.78 is 5.73. The van der Waals surface area contributed by atoms with Gasteiger partial charge in [-0.3, -0.25) is 4.79 Å². The van der Waals surface area contributed by atoms with E-state index >= 15 is 0 Å². The van der Waals surface area contributed by atoms with Crippen molar-refractivity contribution in [1.82, 2.24) is 4.90 Å². The van der Waals surface area contributed by atoms with Gasteiger partial charge in [-0.25, -0.2) is 0 Å². The highest BCUT2D eigenvalue weighted by Crippen LogP contribution is 2.31. The molecule has 0 radical (unpaired) electrons. The van der Waals surface area contributed by atoms with Gasteiger partial charge in [0.2, 0.25) is 5.91 Å². The number of likely N-dealkylation sites (tertiary alicyclic amines) is 1. The topological polar surface area (TPSA) is 73.9 Å². The number of benzene rings is 1. The minimum atomic E-state index is -1.17. The molecule has 2 heterocycles. The van der Waals surface area contributed by atoms with E-state index in [0.29, 0.717) is 19.4 Å². The second-order valence-corrected chi connectivity index (χ2v) is 7.08. The van der Waals surface area contributed by atoms with Crippen LogP contribution in [0.15, 0.2) is 16.7 Å². The summed E-state index contributed by atoms with van der Waals surface area (Å²) in [5.74, 6) is -0.0399. The zero-order valence-electron chi connectivity index (χ0n) is 14.6. The first-order chi connectivity index (χ1) is 11.3. The lowest BCUT2D eigenvalue weighted by molar-refractivity contribution is -0.139. The van der Waals surface area contributed by atoms with E-state index in [1.807, 2.05) is 13.8 Å². The van der Waals surface area contributed by atoms with Crippen LogP contribution in [-0.2, 0) is 11.2 Å². The van der Waals surface area contributed by atoms with Gasteiger partial charge in [-0.2, -0.15) is 0 Å². The first-order valence-electron chi connectivity index (χ1n) is 8.42. The molecule has 2 N–H and O–H groups in total. The molecule has 24 heavy (non-hydrogen) atoms. The Morgan fingerprint density at radius 2 is 2.08 bits per heavy atom. The quantitative estimate of drug-likeness (QED) is 0.905. The molecular formula is C19H25NO4. The Labute approximate surface area is 141 Å². The highest BCUT2D eigenvalue weighted by Gasteiger charge is 2.34. The minimum absolute atomic E-state index is 0.0399. The lowest BCUT2D eigenvalue weighted by Gasteiger charge is -2.38. The van der Waals surface area contributed by atoms with E-state index in [2.05, 4.69) is 13.0 Å². The van der Waals surface area contributed by atoms with Crippen LogP contribution in [0.4, 0.5) is 0 Å². The van der Waals surface area contributed by atoms with Gasteiger partial charge in [-0.1, -0.05) is 6.07 Å². The van der Waals surface area contributed by atoms with Crippen molar-refractivity contribution in [2.24, 2.45) is 0 Å². The highest BCUT2D eigenvalue weighted by atomic mass is 16.3. The Morgan fingerprint density at radius 3 is 2.79 bits per heavy atom. The Morgan fingerprint density at radius 1 is 1.33 bits per heavy atom. The number of carbonyl (C=O) groups is 1. The van der Waals surface area contributed by atoms with E-state index in [4.69, 9.17) is 4.42 Å². The molecule has 1 amide bonds. The van der Waals surface area contributed by atoms with Gasteiger partial charge in [0.15, 0.2) is 0 Å². The maximum absolute atomic E-state index is 12.7. The third-order valence-electron chi connectivity index (χ3n) is 5.17. The number of hydrogen-bond acceptors (Lipinski definition) is 4. The van der Waals surface area contributed by atoms with Crippen LogP contribution < -0.4 is 0 Å². The van der Waals surface area contributed by atoms with Crippen molar-refractivity contribution in [3.8, 4) is 0 Å². The molecule has 130 valence electrons. The van der Waals surface area contributed by atoms with Gasteiger partial charge in [0, 0.05) is 17.5 Å². The number of carbonyl (C=O) groups excluding carboxylic acids is 1. The Hall–Kier alpha value is -1.85. The van der Waals surface area contributed by atoms with Crippen LogP contribution >= 0.6 is 0 Å². The van der Waals surface area contributed by atoms with Gasteiger partial charge in [0.05, 0.1) is 25.8 Å². The average Bonchev–Trinajstić information content (AvgIpc) is 2.97. The normalized spacial score (nSPS) is 21.5. The molecule has 0 unspecified atom stereocenters. The lowest BCUT2D eigenvalue weighted by Crippen LogP contribution is -2.52. The molecule has 1 aromatic heterocycles. The number of aryl methyl sites for hydroxylation is 3. The zero-order chi connectivity index (χ0) is 17.5. The van der Waals surface area contributed by atoms with E-state index in [9.17, 15) is 15.0 Å². The molecule has 1 aliphatic heterocycles. The minimum Gasteiger partial charge on any atom is -0.464 e. The third-order valence-corrected chi connectivity index (χ3v) is 5.17. The van der Waals surface area contributed by atoms with Crippen LogP contribution in [0.3, 0.4) is 0 Å². The standard InChI is InChI=1S/C19H25NO4/c1-12-7-13(2)17-15(9-24-18(17)14(12)3)8-16(22)20-6-4-5-19(23,10-20)11-21/h7,9,21,23H,4-6,8,10-11H2,1-3H3/t19-/m0/s1. The van der Waals surface area contributed by atoms with Gasteiger partial charge in [0.25, 0.3) is 0 Å². The van der Waals surface area contributed by atoms with Gasteiger partial charge in [-0.15, -0.1) is 0 Å². The van der Waals surface area contributed by atoms with Gasteiger partial charge in [-0.05, 0) is 50.3 Å². The molecule has 0 bridgehead atoms. The SMILES string of the molecule is Cc1cc(C)c2c(CC(=O)N3CCC[C@@](O)(CO)C3)coc2c1C. The molecule has 1 aliphatic rings. The average molecular weight is 331 g/mol. The number of nitrogens with zero attached hydrogens (tertiary/aromatic N) is 1. The summed E-state index contributed by atoms with van der Waals surface area (Å²) in [6.07, 6.45) is 3.15. The van der Waals surface area contributed by atoms with Crippen LogP contribution in [-0.4, -0.2) is 46.3 Å². The predicted octanol–water partition coefficient (Wildman–Crippen LogP) is 2.25. The summed E-state index contributed by atoms with van der Waals surface area (Å²) in [5.41, 5.74) is 3.94. The maximum Gasteiger partial charge on any atom is 0.227 e. The Bertz CT molecular complexity index is 779. The van der Waals surface area contributed by atoms with Crippen molar-refractivity contribution in [3.05, 3.63) is 34.6 Å². The fourth-order valence-electron chi connectivity index (χ4n) is 3.65. The number of piperidine rings is 1. The number of β-amino-alcohol motifs (C(OH)–C–C–N with tert-alkyl or cyclic N) is 1. The van der Waals surface area contributed by atoms with Gasteiger partial charge >= 0.3 is 0 Å². The molecule has 5 nitrogen and oxygen atoms in total. The first kappa shape index (κ1) is 17.0. The summed E-state index contributed by atoms with van der Waals surface area (Å²) in [4.78, 5) is 14.3. The second kappa shape index (κ2) is 6.22. The van der Waals surface area contributed by atoms with Crippen molar-refractivity contribution in [1.29, 1.82) is 0 Å². The molecule has 5 heteroatoms. The van der Waals surface area contributed by atoms with Crippen molar-refractivity contribution >= 4 is 16.9 Å². The maximum atomic E-state index is 12.7. The smallest absolute Gasteiger partial charge is 0.227 e. The number of rotatable bonds is 3. The monoisotopic (exact) mass is 331 g/mol. The summed E-state index contributed by atoms with van der Waals surface area (Å²) >= 11 is 0. The Balaban J connectivity index is 1.85. The van der Waals surface area contributed by atoms with Crippen molar-refractivity contribution in [2.45, 2.75) is 45.6 Å². The summed E-state index contributed by atoms with van der Waals surface area (Å²) in [6, 6.07) is 2.12. The lowest BCUT2D eigenvalue weighted by atomic mass is 9.93. The van der Waals surface area contributed by atoms with Crippen molar-refractivity contribution in [2.75, 3.05) is 19.7 Å². The van der Waals surface area contributed by atoms with Gasteiger partial charge < -0.3 is 19.5 Å². The van der Waals surface area contributed by atoms with Gasteiger partial charge in [0.1, 0.15) is 11.2 Å². The Kier molecular flexibility index (Phi) is 4.40. The molecule has 2 aromatic rings. The largest absolute Gasteiger partial charge is 0.464 e. The van der Waals surface area contributed by atoms with Crippen LogP contribution in [0.5, 0.6) is 0 Å². The summed E-state index contributed by atoms with van der Waals surface area (Å²) in [5, 5.41) is 20.6. The zero-order valence-corrected chi connectivity index (χ0v) is 14.6. The first-order valence-corrected chi connectivity index (χ1v) is 8.42. The van der Waals surface area contributed by atoms with E-state index < -0.39 is 5.60 Å². The molecule has 0 saturated carbocycles. The summed E-state index contributed by atoms with van der Waals surface area (Å²) in [7, 11) is 0. The van der Waals surface area contributed by atoms with E-state index in [0.717, 1.165) is 27.7 Å². The molecule has 0 aliphatic carbocycles. The molecule has 1 atom stereocenters. The number of fused-ring (bicyclic) bond motifs is 1. The van der Waals surface area contributed by atoms with E-state index in [1.165, 1.54) is 5.56 Å². The second-order valence-electron chi connectivity index (χ2n) is 7.08. The van der Waals surface area contributed by atoms with Crippen LogP contribution in [0, 0.1) is 20.8 Å². The molecule has 1 aromatic carbocycles. The van der Waals surface area contributed by atoms with Crippen LogP contribution in [0.25, 0.3) is 11.0 Å². The number of furan rings is 1. The van der Waals surface area contributed by atoms with Crippen LogP contribution in [0.1, 0.15) is 35.1 Å². The highest BCUT2D eigenvalue weighted by molar-refractivity contribution is 5.92. The molecule has 0 spiro atoms. The molecule has 3 rings (SSSR count). The number of hydrogen-bond donors (Lipinski definition) is 2. The number of aliphatic hydroxyl groups is 2. The van der Waals surface area contributed by atoms with Crippen LogP contribution in [0.2, 0.25) is 0 Å². The molecule has 1 saturated heterocycles. The fourth-order valence-corrected chi connectivity index (χ4v) is 3.65. The summed E-state index contributed by atoms with van der Waals surface area (Å²) in [6.45, 7) is 6.60. The molecular weight excluding hydrogens is 306 g/mol. The van der Waals surface area contributed by atoms with E-state index in [1.54, 1.807) is 11.2 Å². The molecule has 1 fully saturated rings. The third kappa shape index (κ3) is 2.94. The van der Waals surface area contributed by atoms with Crippen molar-refractivity contribution in [3.63, 3.8) is 0 Å². The fraction of sp³-hybridized carbons (Fsp3) is 0.526. The predicted molar refractivity (Wildman–Crippen MR) is 92.0 cm³/mol. The van der Waals surface area contributed by atoms with E-state index in [-0.39, 0.29) is 25.5 Å². The number of aliphatic hydroxyl groups excluding tert-OH is 1.